The first-order chi connectivity index (χ1) is 18.8. The van der Waals surface area contributed by atoms with Gasteiger partial charge in [0, 0.05) is 38.7 Å². The van der Waals surface area contributed by atoms with Crippen LogP contribution in [0.3, 0.4) is 0 Å². The summed E-state index contributed by atoms with van der Waals surface area (Å²) in [6.07, 6.45) is -1.57. The van der Waals surface area contributed by atoms with E-state index < -0.39 is 64.9 Å². The molecule has 5 rings (SSSR count). The van der Waals surface area contributed by atoms with Crippen molar-refractivity contribution >= 4 is 17.9 Å². The van der Waals surface area contributed by atoms with Gasteiger partial charge in [-0.2, -0.15) is 0 Å². The van der Waals surface area contributed by atoms with Crippen LogP contribution in [0.25, 0.3) is 0 Å². The molecule has 2 saturated carbocycles. The van der Waals surface area contributed by atoms with E-state index in [9.17, 15) is 19.5 Å². The predicted octanol–water partition coefficient (Wildman–Crippen LogP) is 2.36. The Bertz CT molecular complexity index is 996. The van der Waals surface area contributed by atoms with Gasteiger partial charge in [-0.15, -0.1) is 0 Å². The van der Waals surface area contributed by atoms with Crippen LogP contribution in [-0.2, 0) is 47.5 Å². The third-order valence-corrected chi connectivity index (χ3v) is 10.6. The highest BCUT2D eigenvalue weighted by Gasteiger charge is 2.81. The van der Waals surface area contributed by atoms with Crippen molar-refractivity contribution in [3.8, 4) is 0 Å². The first-order valence-electron chi connectivity index (χ1n) is 14.5. The maximum Gasteiger partial charge on any atom is 0.308 e. The normalized spacial score (nSPS) is 47.5. The predicted molar refractivity (Wildman–Crippen MR) is 137 cm³/mol. The molecule has 0 amide bonds. The molecule has 1 spiro atoms. The lowest BCUT2D eigenvalue weighted by atomic mass is 9.41. The third kappa shape index (κ3) is 4.47. The zero-order valence-electron chi connectivity index (χ0n) is 24.5. The van der Waals surface area contributed by atoms with Crippen molar-refractivity contribution in [1.29, 1.82) is 0 Å². The molecule has 3 heterocycles. The number of carbonyl (C=O) groups is 3. The van der Waals surface area contributed by atoms with Crippen molar-refractivity contribution in [2.45, 2.75) is 110 Å². The molecule has 1 N–H and O–H groups in total. The van der Waals surface area contributed by atoms with Crippen LogP contribution in [0, 0.1) is 34.5 Å². The minimum Gasteiger partial charge on any atom is -0.465 e. The van der Waals surface area contributed by atoms with E-state index in [1.54, 1.807) is 21.0 Å². The van der Waals surface area contributed by atoms with Crippen LogP contribution >= 0.6 is 0 Å². The highest BCUT2D eigenvalue weighted by Crippen LogP contribution is 2.70. The van der Waals surface area contributed by atoms with Crippen molar-refractivity contribution in [3.05, 3.63) is 0 Å². The highest BCUT2D eigenvalue weighted by atomic mass is 16.8. The van der Waals surface area contributed by atoms with Gasteiger partial charge >= 0.3 is 17.9 Å². The van der Waals surface area contributed by atoms with E-state index in [4.69, 9.17) is 33.2 Å². The number of aliphatic hydroxyl groups excluding tert-OH is 1. The fraction of sp³-hybridized carbons (Fsp3) is 0.897. The summed E-state index contributed by atoms with van der Waals surface area (Å²) in [6.45, 7) is 10.4. The molecule has 11 nitrogen and oxygen atoms in total. The Morgan fingerprint density at radius 3 is 2.27 bits per heavy atom. The molecule has 5 aliphatic rings. The number of ether oxygens (including phenoxy) is 7. The van der Waals surface area contributed by atoms with Crippen LogP contribution in [0.15, 0.2) is 0 Å². The van der Waals surface area contributed by atoms with E-state index in [1.165, 1.54) is 13.8 Å². The Labute approximate surface area is 235 Å². The molecule has 5 fully saturated rings. The fourth-order valence-electron chi connectivity index (χ4n) is 8.33. The van der Waals surface area contributed by atoms with Crippen LogP contribution in [0.1, 0.15) is 67.2 Å². The summed E-state index contributed by atoms with van der Waals surface area (Å²) in [5.41, 5.74) is -2.85. The number of hydrogen-bond donors (Lipinski definition) is 1. The molecule has 0 aromatic heterocycles. The summed E-state index contributed by atoms with van der Waals surface area (Å²) < 4.78 is 41.9. The standard InChI is InChI=1S/C29H44O11/c1-14(2)25(33)40-24-19(32)11-20-27(6,21-9-18-10-23(34-7)39-26(18)38-21)15(3)8-22(37-17(5)31)28(20,12-35-16(4)30)29(24)13-36-29/h14-15,18-24,26,32H,8-13H2,1-7H3/t15-,18+,19-,20-,21+,22+,23-,24+,26-,27+,28+,29-/m1/s1. The van der Waals surface area contributed by atoms with Gasteiger partial charge in [-0.25, -0.2) is 0 Å². The monoisotopic (exact) mass is 568 g/mol. The molecule has 0 radical (unpaired) electrons. The van der Waals surface area contributed by atoms with Crippen LogP contribution < -0.4 is 0 Å². The summed E-state index contributed by atoms with van der Waals surface area (Å²) in [4.78, 5) is 37.5. The van der Waals surface area contributed by atoms with Crippen molar-refractivity contribution in [2.24, 2.45) is 34.5 Å². The SMILES string of the molecule is CO[C@H]1C[C@@H]2C[C@@H]([C@@]3(C)[C@H](C)C[C@H](OC(C)=O)[C@]4(COC(C)=O)[C@@H]3C[C@@H](O)[C@H](OC(=O)C(C)C)[C@]43CO3)O[C@@H]2O1. The van der Waals surface area contributed by atoms with E-state index >= 15 is 0 Å². The van der Waals surface area contributed by atoms with Gasteiger partial charge in [0.05, 0.1) is 30.1 Å². The zero-order chi connectivity index (χ0) is 29.2. The number of aliphatic hydroxyl groups is 1. The number of carbonyl (C=O) groups excluding carboxylic acids is 3. The molecule has 3 saturated heterocycles. The zero-order valence-corrected chi connectivity index (χ0v) is 24.5. The number of epoxide rings is 1. The largest absolute Gasteiger partial charge is 0.465 e. The molecule has 0 aromatic rings. The van der Waals surface area contributed by atoms with Gasteiger partial charge in [0.25, 0.3) is 0 Å². The third-order valence-electron chi connectivity index (χ3n) is 10.6. The van der Waals surface area contributed by atoms with E-state index in [-0.39, 0.29) is 49.8 Å². The molecular weight excluding hydrogens is 524 g/mol. The lowest BCUT2D eigenvalue weighted by molar-refractivity contribution is -0.289. The van der Waals surface area contributed by atoms with Crippen molar-refractivity contribution in [2.75, 3.05) is 20.3 Å². The van der Waals surface area contributed by atoms with E-state index in [1.807, 2.05) is 0 Å². The minimum absolute atomic E-state index is 0.00730. The summed E-state index contributed by atoms with van der Waals surface area (Å²) in [6, 6.07) is 0. The molecule has 226 valence electrons. The number of rotatable bonds is 7. The summed E-state index contributed by atoms with van der Waals surface area (Å²) in [7, 11) is 1.62. The summed E-state index contributed by atoms with van der Waals surface area (Å²) in [5.74, 6) is -2.06. The van der Waals surface area contributed by atoms with Crippen molar-refractivity contribution < 1.29 is 52.6 Å². The second kappa shape index (κ2) is 10.5. The van der Waals surface area contributed by atoms with E-state index in [0.717, 1.165) is 12.8 Å². The number of esters is 3. The van der Waals surface area contributed by atoms with E-state index in [0.29, 0.717) is 6.42 Å². The average Bonchev–Trinajstić information content (AvgIpc) is 3.41. The van der Waals surface area contributed by atoms with E-state index in [2.05, 4.69) is 13.8 Å². The summed E-state index contributed by atoms with van der Waals surface area (Å²) in [5, 5.41) is 11.6. The lowest BCUT2D eigenvalue weighted by Crippen LogP contribution is -2.74. The lowest BCUT2D eigenvalue weighted by Gasteiger charge is -2.65. The van der Waals surface area contributed by atoms with Gasteiger partial charge in [-0.3, -0.25) is 14.4 Å². The van der Waals surface area contributed by atoms with Crippen LogP contribution in [0.4, 0.5) is 0 Å². The molecular formula is C29H44O11. The molecule has 12 atom stereocenters. The Hall–Kier alpha value is -1.79. The number of hydrogen-bond acceptors (Lipinski definition) is 11. The first kappa shape index (κ1) is 29.7. The quantitative estimate of drug-likeness (QED) is 0.275. The van der Waals surface area contributed by atoms with Crippen LogP contribution in [-0.4, -0.2) is 85.9 Å². The average molecular weight is 569 g/mol. The molecule has 40 heavy (non-hydrogen) atoms. The molecule has 0 unspecified atom stereocenters. The Morgan fingerprint density at radius 1 is 1.02 bits per heavy atom. The van der Waals surface area contributed by atoms with Gasteiger partial charge < -0.3 is 38.3 Å². The first-order valence-corrected chi connectivity index (χ1v) is 14.5. The van der Waals surface area contributed by atoms with Crippen LogP contribution in [0.5, 0.6) is 0 Å². The molecule has 11 heteroatoms. The fourth-order valence-corrected chi connectivity index (χ4v) is 8.33. The van der Waals surface area contributed by atoms with Gasteiger partial charge in [-0.1, -0.05) is 27.7 Å². The second-order valence-electron chi connectivity index (χ2n) is 13.0. The van der Waals surface area contributed by atoms with Crippen molar-refractivity contribution in [3.63, 3.8) is 0 Å². The molecule has 0 aromatic carbocycles. The second-order valence-corrected chi connectivity index (χ2v) is 13.0. The van der Waals surface area contributed by atoms with Gasteiger partial charge in [0.15, 0.2) is 18.7 Å². The van der Waals surface area contributed by atoms with Crippen molar-refractivity contribution in [1.82, 2.24) is 0 Å². The Balaban J connectivity index is 1.60. The number of fused-ring (bicyclic) bond motifs is 3. The Kier molecular flexibility index (Phi) is 7.78. The van der Waals surface area contributed by atoms with Gasteiger partial charge in [-0.05, 0) is 31.1 Å². The van der Waals surface area contributed by atoms with Crippen LogP contribution in [0.2, 0.25) is 0 Å². The minimum atomic E-state index is -1.21. The smallest absolute Gasteiger partial charge is 0.308 e. The van der Waals surface area contributed by atoms with Gasteiger partial charge in [0.1, 0.15) is 18.3 Å². The molecule has 3 aliphatic heterocycles. The summed E-state index contributed by atoms with van der Waals surface area (Å²) >= 11 is 0. The topological polar surface area (TPSA) is 139 Å². The maximum absolute atomic E-state index is 12.8. The molecule has 2 aliphatic carbocycles. The molecule has 0 bridgehead atoms. The number of methoxy groups -OCH3 is 1. The maximum atomic E-state index is 12.8. The van der Waals surface area contributed by atoms with Gasteiger partial charge in [0.2, 0.25) is 0 Å². The highest BCUT2D eigenvalue weighted by molar-refractivity contribution is 5.72. The Morgan fingerprint density at radius 2 is 1.73 bits per heavy atom.